The van der Waals surface area contributed by atoms with Crippen LogP contribution < -0.4 is 4.74 Å². The van der Waals surface area contributed by atoms with E-state index < -0.39 is 0 Å². The zero-order valence-corrected chi connectivity index (χ0v) is 15.5. The van der Waals surface area contributed by atoms with Gasteiger partial charge in [0.1, 0.15) is 11.4 Å². The van der Waals surface area contributed by atoms with E-state index in [1.807, 2.05) is 66.7 Å². The SMILES string of the molecule is Cc1ccccc1OCC(=O)N1CCN(Cc2cnc3ccccn23)CC1. The first-order valence-electron chi connectivity index (χ1n) is 9.30. The van der Waals surface area contributed by atoms with Gasteiger partial charge in [-0.15, -0.1) is 0 Å². The summed E-state index contributed by atoms with van der Waals surface area (Å²) in [7, 11) is 0. The van der Waals surface area contributed by atoms with Crippen LogP contribution in [0.3, 0.4) is 0 Å². The molecule has 4 rings (SSSR count). The Morgan fingerprint density at radius 1 is 1.07 bits per heavy atom. The van der Waals surface area contributed by atoms with E-state index in [9.17, 15) is 4.79 Å². The second-order valence-corrected chi connectivity index (χ2v) is 6.89. The first-order chi connectivity index (χ1) is 13.2. The van der Waals surface area contributed by atoms with Crippen LogP contribution in [0.1, 0.15) is 11.3 Å². The van der Waals surface area contributed by atoms with Crippen molar-refractivity contribution in [3.63, 3.8) is 0 Å². The molecule has 1 fully saturated rings. The van der Waals surface area contributed by atoms with Gasteiger partial charge in [-0.3, -0.25) is 9.69 Å². The summed E-state index contributed by atoms with van der Waals surface area (Å²) < 4.78 is 7.81. The number of para-hydroxylation sites is 1. The number of piperazine rings is 1. The van der Waals surface area contributed by atoms with Gasteiger partial charge in [-0.25, -0.2) is 4.98 Å². The Hall–Kier alpha value is -2.86. The van der Waals surface area contributed by atoms with Gasteiger partial charge in [-0.2, -0.15) is 0 Å². The number of pyridine rings is 1. The fourth-order valence-electron chi connectivity index (χ4n) is 3.44. The van der Waals surface area contributed by atoms with Crippen LogP contribution in [0.5, 0.6) is 5.75 Å². The Bertz CT molecular complexity index is 929. The molecule has 0 N–H and O–H groups in total. The van der Waals surface area contributed by atoms with E-state index >= 15 is 0 Å². The Morgan fingerprint density at radius 3 is 2.67 bits per heavy atom. The van der Waals surface area contributed by atoms with Crippen LogP contribution in [0.25, 0.3) is 5.65 Å². The molecule has 0 spiro atoms. The van der Waals surface area contributed by atoms with E-state index in [-0.39, 0.29) is 12.5 Å². The van der Waals surface area contributed by atoms with Crippen molar-refractivity contribution in [2.45, 2.75) is 13.5 Å². The molecule has 2 aromatic heterocycles. The minimum atomic E-state index is 0.0488. The zero-order chi connectivity index (χ0) is 18.6. The topological polar surface area (TPSA) is 50.1 Å². The lowest BCUT2D eigenvalue weighted by Gasteiger charge is -2.34. The third kappa shape index (κ3) is 3.95. The highest BCUT2D eigenvalue weighted by Gasteiger charge is 2.22. The summed E-state index contributed by atoms with van der Waals surface area (Å²) in [5.41, 5.74) is 3.19. The smallest absolute Gasteiger partial charge is 0.260 e. The molecule has 0 bridgehead atoms. The molecule has 27 heavy (non-hydrogen) atoms. The Labute approximate surface area is 159 Å². The van der Waals surface area contributed by atoms with Gasteiger partial charge in [0.15, 0.2) is 6.61 Å². The lowest BCUT2D eigenvalue weighted by atomic mass is 10.2. The van der Waals surface area contributed by atoms with Crippen molar-refractivity contribution in [2.75, 3.05) is 32.8 Å². The number of rotatable bonds is 5. The summed E-state index contributed by atoms with van der Waals surface area (Å²) in [4.78, 5) is 21.1. The average molecular weight is 364 g/mol. The number of imidazole rings is 1. The molecule has 0 saturated carbocycles. The minimum Gasteiger partial charge on any atom is -0.484 e. The number of carbonyl (C=O) groups excluding carboxylic acids is 1. The highest BCUT2D eigenvalue weighted by molar-refractivity contribution is 5.78. The normalized spacial score (nSPS) is 15.2. The van der Waals surface area contributed by atoms with Crippen LogP contribution in [0.4, 0.5) is 0 Å². The van der Waals surface area contributed by atoms with Crippen molar-refractivity contribution in [2.24, 2.45) is 0 Å². The lowest BCUT2D eigenvalue weighted by Crippen LogP contribution is -2.49. The molecule has 0 aliphatic carbocycles. The van der Waals surface area contributed by atoms with Crippen LogP contribution in [0, 0.1) is 6.92 Å². The monoisotopic (exact) mass is 364 g/mol. The predicted octanol–water partition coefficient (Wildman–Crippen LogP) is 2.37. The van der Waals surface area contributed by atoms with Crippen molar-refractivity contribution in [3.8, 4) is 5.75 Å². The summed E-state index contributed by atoms with van der Waals surface area (Å²) in [5.74, 6) is 0.824. The molecule has 1 amide bonds. The number of aromatic nitrogens is 2. The maximum absolute atomic E-state index is 12.4. The number of hydrogen-bond donors (Lipinski definition) is 0. The number of fused-ring (bicyclic) bond motifs is 1. The first-order valence-corrected chi connectivity index (χ1v) is 9.30. The van der Waals surface area contributed by atoms with Gasteiger partial charge in [0.2, 0.25) is 0 Å². The van der Waals surface area contributed by atoms with Gasteiger partial charge < -0.3 is 14.0 Å². The minimum absolute atomic E-state index is 0.0488. The first kappa shape index (κ1) is 17.5. The van der Waals surface area contributed by atoms with Crippen molar-refractivity contribution in [1.82, 2.24) is 19.2 Å². The summed E-state index contributed by atoms with van der Waals surface area (Å²) in [6.45, 7) is 6.09. The van der Waals surface area contributed by atoms with Gasteiger partial charge in [0.05, 0.1) is 11.9 Å². The zero-order valence-electron chi connectivity index (χ0n) is 15.5. The maximum atomic E-state index is 12.4. The Balaban J connectivity index is 1.28. The third-order valence-electron chi connectivity index (χ3n) is 5.05. The fourth-order valence-corrected chi connectivity index (χ4v) is 3.44. The molecular weight excluding hydrogens is 340 g/mol. The largest absolute Gasteiger partial charge is 0.484 e. The molecule has 6 heteroatoms. The van der Waals surface area contributed by atoms with Gasteiger partial charge in [-0.1, -0.05) is 24.3 Å². The fraction of sp³-hybridized carbons (Fsp3) is 0.333. The Morgan fingerprint density at radius 2 is 1.85 bits per heavy atom. The van der Waals surface area contributed by atoms with Gasteiger partial charge in [-0.05, 0) is 30.7 Å². The van der Waals surface area contributed by atoms with E-state index in [2.05, 4.69) is 14.3 Å². The molecule has 6 nitrogen and oxygen atoms in total. The highest BCUT2D eigenvalue weighted by atomic mass is 16.5. The van der Waals surface area contributed by atoms with Gasteiger partial charge in [0, 0.05) is 38.9 Å². The summed E-state index contributed by atoms with van der Waals surface area (Å²) in [5, 5.41) is 0. The molecular formula is C21H24N4O2. The molecule has 0 radical (unpaired) electrons. The van der Waals surface area contributed by atoms with Crippen LogP contribution in [0.2, 0.25) is 0 Å². The van der Waals surface area contributed by atoms with Crippen molar-refractivity contribution in [3.05, 3.63) is 66.1 Å². The molecule has 0 atom stereocenters. The second kappa shape index (κ2) is 7.80. The summed E-state index contributed by atoms with van der Waals surface area (Å²) in [6, 6.07) is 13.8. The van der Waals surface area contributed by atoms with E-state index in [0.717, 1.165) is 49.7 Å². The predicted molar refractivity (Wildman–Crippen MR) is 104 cm³/mol. The molecule has 140 valence electrons. The summed E-state index contributed by atoms with van der Waals surface area (Å²) in [6.07, 6.45) is 3.98. The summed E-state index contributed by atoms with van der Waals surface area (Å²) >= 11 is 0. The molecule has 3 heterocycles. The number of aryl methyl sites for hydroxylation is 1. The van der Waals surface area contributed by atoms with E-state index in [1.54, 1.807) is 0 Å². The number of nitrogens with zero attached hydrogens (tertiary/aromatic N) is 4. The molecule has 1 aliphatic heterocycles. The van der Waals surface area contributed by atoms with Crippen molar-refractivity contribution in [1.29, 1.82) is 0 Å². The van der Waals surface area contributed by atoms with Crippen LogP contribution in [-0.4, -0.2) is 57.9 Å². The Kier molecular flexibility index (Phi) is 5.07. The number of ether oxygens (including phenoxy) is 1. The van der Waals surface area contributed by atoms with E-state index in [0.29, 0.717) is 0 Å². The van der Waals surface area contributed by atoms with Crippen molar-refractivity contribution < 1.29 is 9.53 Å². The van der Waals surface area contributed by atoms with Gasteiger partial charge in [0.25, 0.3) is 5.91 Å². The van der Waals surface area contributed by atoms with Crippen LogP contribution in [0.15, 0.2) is 54.9 Å². The average Bonchev–Trinajstić information content (AvgIpc) is 3.11. The number of benzene rings is 1. The standard InChI is InChI=1S/C21H24N4O2/c1-17-6-2-3-7-19(17)27-16-21(26)24-12-10-23(11-13-24)15-18-14-22-20-8-4-5-9-25(18)20/h2-9,14H,10-13,15-16H2,1H3. The number of hydrogen-bond acceptors (Lipinski definition) is 4. The maximum Gasteiger partial charge on any atom is 0.260 e. The van der Waals surface area contributed by atoms with E-state index in [1.165, 1.54) is 5.69 Å². The number of carbonyl (C=O) groups is 1. The molecule has 1 saturated heterocycles. The second-order valence-electron chi connectivity index (χ2n) is 6.89. The molecule has 1 aromatic carbocycles. The van der Waals surface area contributed by atoms with E-state index in [4.69, 9.17) is 4.74 Å². The van der Waals surface area contributed by atoms with Gasteiger partial charge >= 0.3 is 0 Å². The van der Waals surface area contributed by atoms with Crippen LogP contribution >= 0.6 is 0 Å². The van der Waals surface area contributed by atoms with Crippen molar-refractivity contribution >= 4 is 11.6 Å². The third-order valence-corrected chi connectivity index (χ3v) is 5.05. The molecule has 1 aliphatic rings. The molecule has 0 unspecified atom stereocenters. The highest BCUT2D eigenvalue weighted by Crippen LogP contribution is 2.16. The molecule has 3 aromatic rings. The number of amides is 1. The lowest BCUT2D eigenvalue weighted by molar-refractivity contribution is -0.135. The quantitative estimate of drug-likeness (QED) is 0.697. The van der Waals surface area contributed by atoms with Crippen LogP contribution in [-0.2, 0) is 11.3 Å².